The Hall–Kier alpha value is -1.79. The number of carboxylic acid groups (broad SMARTS) is 1. The molecule has 1 aliphatic rings. The maximum absolute atomic E-state index is 11.8. The molecular weight excluding hydrogens is 238 g/mol. The van der Waals surface area contributed by atoms with Gasteiger partial charge in [0.05, 0.1) is 5.41 Å². The molecule has 0 bridgehead atoms. The van der Waals surface area contributed by atoms with Crippen molar-refractivity contribution in [1.29, 1.82) is 0 Å². The molecule has 7 heteroatoms. The van der Waals surface area contributed by atoms with E-state index >= 15 is 0 Å². The molecule has 0 unspecified atom stereocenters. The van der Waals surface area contributed by atoms with E-state index in [0.29, 0.717) is 12.8 Å². The highest BCUT2D eigenvalue weighted by Crippen LogP contribution is 2.45. The van der Waals surface area contributed by atoms with E-state index in [4.69, 9.17) is 10.8 Å². The second-order valence-corrected chi connectivity index (χ2v) is 4.93. The smallest absolute Gasteiger partial charge is 0.318 e. The van der Waals surface area contributed by atoms with E-state index in [1.165, 1.54) is 4.90 Å². The summed E-state index contributed by atoms with van der Waals surface area (Å²) >= 11 is 0. The van der Waals surface area contributed by atoms with Crippen LogP contribution >= 0.6 is 0 Å². The number of carboxylic acids is 1. The largest absolute Gasteiger partial charge is 0.481 e. The molecule has 0 aliphatic heterocycles. The lowest BCUT2D eigenvalue weighted by molar-refractivity contribution is -0.143. The zero-order chi connectivity index (χ0) is 13.9. The van der Waals surface area contributed by atoms with Crippen LogP contribution in [-0.2, 0) is 9.59 Å². The van der Waals surface area contributed by atoms with Gasteiger partial charge in [-0.2, -0.15) is 0 Å². The van der Waals surface area contributed by atoms with Crippen LogP contribution in [0.15, 0.2) is 0 Å². The number of rotatable bonds is 6. The summed E-state index contributed by atoms with van der Waals surface area (Å²) in [6.07, 6.45) is 1.14. The summed E-state index contributed by atoms with van der Waals surface area (Å²) in [5, 5.41) is 11.5. The summed E-state index contributed by atoms with van der Waals surface area (Å²) in [6.45, 7) is 3.42. The van der Waals surface area contributed by atoms with E-state index < -0.39 is 23.3 Å². The van der Waals surface area contributed by atoms with Gasteiger partial charge in [0.15, 0.2) is 0 Å². The molecule has 3 amide bonds. The van der Waals surface area contributed by atoms with Crippen molar-refractivity contribution in [3.63, 3.8) is 0 Å². The third-order valence-electron chi connectivity index (χ3n) is 3.10. The molecular formula is C11H19N3O4. The molecule has 7 nitrogen and oxygen atoms in total. The molecule has 0 heterocycles. The first kappa shape index (κ1) is 14.3. The fourth-order valence-corrected chi connectivity index (χ4v) is 1.62. The number of urea groups is 1. The Morgan fingerprint density at radius 1 is 1.39 bits per heavy atom. The molecule has 0 atom stereocenters. The number of nitrogens with one attached hydrogen (secondary N) is 1. The molecule has 1 fully saturated rings. The van der Waals surface area contributed by atoms with Crippen molar-refractivity contribution in [3.05, 3.63) is 0 Å². The predicted octanol–water partition coefficient (Wildman–Crippen LogP) is -0.243. The Balaban J connectivity index is 2.52. The van der Waals surface area contributed by atoms with Crippen molar-refractivity contribution in [2.75, 3.05) is 13.1 Å². The first-order chi connectivity index (χ1) is 8.28. The number of hydrogen-bond acceptors (Lipinski definition) is 3. The first-order valence-corrected chi connectivity index (χ1v) is 5.85. The van der Waals surface area contributed by atoms with Crippen LogP contribution in [0.5, 0.6) is 0 Å². The van der Waals surface area contributed by atoms with Crippen molar-refractivity contribution >= 4 is 17.9 Å². The first-order valence-electron chi connectivity index (χ1n) is 5.85. The molecule has 0 spiro atoms. The number of amides is 3. The summed E-state index contributed by atoms with van der Waals surface area (Å²) in [5.74, 6) is -1.49. The third-order valence-corrected chi connectivity index (χ3v) is 3.10. The van der Waals surface area contributed by atoms with Gasteiger partial charge in [-0.3, -0.25) is 9.59 Å². The number of nitrogens with zero attached hydrogens (tertiary/aromatic N) is 1. The molecule has 4 N–H and O–H groups in total. The molecule has 102 valence electrons. The minimum absolute atomic E-state index is 0.0865. The van der Waals surface area contributed by atoms with Crippen LogP contribution in [0.4, 0.5) is 4.79 Å². The Labute approximate surface area is 105 Å². The lowest BCUT2D eigenvalue weighted by atomic mass is 10.1. The highest BCUT2D eigenvalue weighted by Gasteiger charge is 2.50. The normalized spacial score (nSPS) is 16.2. The van der Waals surface area contributed by atoms with Crippen molar-refractivity contribution in [2.45, 2.75) is 32.7 Å². The van der Waals surface area contributed by atoms with Crippen LogP contribution in [-0.4, -0.2) is 47.0 Å². The van der Waals surface area contributed by atoms with Gasteiger partial charge in [-0.25, -0.2) is 4.79 Å². The second-order valence-electron chi connectivity index (χ2n) is 4.93. The third kappa shape index (κ3) is 3.35. The summed E-state index contributed by atoms with van der Waals surface area (Å²) in [7, 11) is 0. The molecule has 0 radical (unpaired) electrons. The highest BCUT2D eigenvalue weighted by molar-refractivity contribution is 5.84. The van der Waals surface area contributed by atoms with E-state index in [9.17, 15) is 14.4 Å². The molecule has 1 aliphatic carbocycles. The highest BCUT2D eigenvalue weighted by atomic mass is 16.4. The second kappa shape index (κ2) is 5.24. The van der Waals surface area contributed by atoms with Crippen LogP contribution in [0.3, 0.4) is 0 Å². The van der Waals surface area contributed by atoms with Gasteiger partial charge >= 0.3 is 12.0 Å². The molecule has 0 saturated heterocycles. The average molecular weight is 257 g/mol. The van der Waals surface area contributed by atoms with Gasteiger partial charge in [-0.05, 0) is 26.7 Å². The zero-order valence-corrected chi connectivity index (χ0v) is 10.6. The van der Waals surface area contributed by atoms with Crippen LogP contribution in [0.1, 0.15) is 26.7 Å². The lowest BCUT2D eigenvalue weighted by Crippen LogP contribution is -2.49. The Bertz CT molecular complexity index is 363. The standard InChI is InChI=1S/C11H19N3O4/c1-7(2)14(5-8(12)15)10(18)13-6-11(3-4-11)9(16)17/h7H,3-6H2,1-2H3,(H2,12,15)(H,13,18)(H,16,17). The molecule has 0 aromatic carbocycles. The summed E-state index contributed by atoms with van der Waals surface area (Å²) in [5.41, 5.74) is 4.24. The summed E-state index contributed by atoms with van der Waals surface area (Å²) < 4.78 is 0. The van der Waals surface area contributed by atoms with Gasteiger partial charge in [-0.1, -0.05) is 0 Å². The number of aliphatic carboxylic acids is 1. The monoisotopic (exact) mass is 257 g/mol. The van der Waals surface area contributed by atoms with Gasteiger partial charge in [-0.15, -0.1) is 0 Å². The minimum Gasteiger partial charge on any atom is -0.481 e. The van der Waals surface area contributed by atoms with Crippen LogP contribution in [0.25, 0.3) is 0 Å². The van der Waals surface area contributed by atoms with Crippen molar-refractivity contribution in [3.8, 4) is 0 Å². The van der Waals surface area contributed by atoms with E-state index in [1.807, 2.05) is 0 Å². The Morgan fingerprint density at radius 2 is 1.94 bits per heavy atom. The van der Waals surface area contributed by atoms with E-state index in [0.717, 1.165) is 0 Å². The predicted molar refractivity (Wildman–Crippen MR) is 63.7 cm³/mol. The fourth-order valence-electron chi connectivity index (χ4n) is 1.62. The SMILES string of the molecule is CC(C)N(CC(N)=O)C(=O)NCC1(C(=O)O)CC1. The minimum atomic E-state index is -0.895. The van der Waals surface area contributed by atoms with E-state index in [1.54, 1.807) is 13.8 Å². The lowest BCUT2D eigenvalue weighted by Gasteiger charge is -2.26. The van der Waals surface area contributed by atoms with E-state index in [2.05, 4.69) is 5.32 Å². The van der Waals surface area contributed by atoms with Crippen molar-refractivity contribution in [1.82, 2.24) is 10.2 Å². The van der Waals surface area contributed by atoms with E-state index in [-0.39, 0.29) is 19.1 Å². The summed E-state index contributed by atoms with van der Waals surface area (Å²) in [6, 6.07) is -0.645. The topological polar surface area (TPSA) is 113 Å². The van der Waals surface area contributed by atoms with Crippen LogP contribution in [0.2, 0.25) is 0 Å². The quantitative estimate of drug-likeness (QED) is 0.609. The zero-order valence-electron chi connectivity index (χ0n) is 10.6. The fraction of sp³-hybridized carbons (Fsp3) is 0.727. The van der Waals surface area contributed by atoms with Gasteiger partial charge in [0.1, 0.15) is 6.54 Å². The maximum atomic E-state index is 11.8. The number of nitrogens with two attached hydrogens (primary N) is 1. The van der Waals surface area contributed by atoms with Gasteiger partial charge in [0, 0.05) is 12.6 Å². The number of primary amides is 1. The van der Waals surface area contributed by atoms with Gasteiger partial charge in [0.25, 0.3) is 0 Å². The van der Waals surface area contributed by atoms with Crippen molar-refractivity contribution in [2.24, 2.45) is 11.1 Å². The molecule has 0 aromatic rings. The van der Waals surface area contributed by atoms with Crippen LogP contribution in [0, 0.1) is 5.41 Å². The van der Waals surface area contributed by atoms with Gasteiger partial charge < -0.3 is 21.1 Å². The number of hydrogen-bond donors (Lipinski definition) is 3. The molecule has 18 heavy (non-hydrogen) atoms. The van der Waals surface area contributed by atoms with Crippen molar-refractivity contribution < 1.29 is 19.5 Å². The average Bonchev–Trinajstić information content (AvgIpc) is 3.03. The van der Waals surface area contributed by atoms with Crippen LogP contribution < -0.4 is 11.1 Å². The number of carbonyl (C=O) groups excluding carboxylic acids is 2. The van der Waals surface area contributed by atoms with Gasteiger partial charge in [0.2, 0.25) is 5.91 Å². The molecule has 1 rings (SSSR count). The number of carbonyl (C=O) groups is 3. The molecule has 0 aromatic heterocycles. The molecule has 1 saturated carbocycles. The Kier molecular flexibility index (Phi) is 4.15. The Morgan fingerprint density at radius 3 is 2.28 bits per heavy atom. The maximum Gasteiger partial charge on any atom is 0.318 e. The summed E-state index contributed by atoms with van der Waals surface area (Å²) in [4.78, 5) is 34.9.